The van der Waals surface area contributed by atoms with Crippen LogP contribution in [-0.4, -0.2) is 11.9 Å². The van der Waals surface area contributed by atoms with E-state index in [0.29, 0.717) is 6.04 Å². The third-order valence-corrected chi connectivity index (χ3v) is 3.59. The van der Waals surface area contributed by atoms with Gasteiger partial charge in [-0.3, -0.25) is 4.79 Å². The Balaban J connectivity index is 2.18. The first-order valence-corrected chi connectivity index (χ1v) is 6.46. The molecule has 1 amide bonds. The van der Waals surface area contributed by atoms with Crippen LogP contribution in [0.1, 0.15) is 52.7 Å². The van der Waals surface area contributed by atoms with Crippen molar-refractivity contribution in [1.29, 1.82) is 0 Å². The van der Waals surface area contributed by atoms with Crippen molar-refractivity contribution in [2.24, 2.45) is 0 Å². The molecule has 2 rings (SSSR count). The van der Waals surface area contributed by atoms with E-state index < -0.39 is 0 Å². The summed E-state index contributed by atoms with van der Waals surface area (Å²) in [7, 11) is 0. The molecule has 1 aromatic rings. The van der Waals surface area contributed by atoms with Gasteiger partial charge in [-0.2, -0.15) is 0 Å². The molecule has 1 aliphatic rings. The summed E-state index contributed by atoms with van der Waals surface area (Å²) in [5.74, 6) is 0.104. The lowest BCUT2D eigenvalue weighted by Gasteiger charge is -2.15. The normalized spacial score (nSPS) is 16.2. The number of benzene rings is 1. The molecule has 0 heterocycles. The summed E-state index contributed by atoms with van der Waals surface area (Å²) in [6, 6.07) is 4.55. The van der Waals surface area contributed by atoms with E-state index in [2.05, 4.69) is 24.4 Å². The summed E-state index contributed by atoms with van der Waals surface area (Å²) in [6.07, 6.45) is 4.76. The highest BCUT2D eigenvalue weighted by Crippen LogP contribution is 2.20. The lowest BCUT2D eigenvalue weighted by molar-refractivity contribution is 0.0936. The molecule has 2 heteroatoms. The van der Waals surface area contributed by atoms with Crippen LogP contribution in [0, 0.1) is 20.8 Å². The predicted octanol–water partition coefficient (Wildman–Crippen LogP) is 3.28. The van der Waals surface area contributed by atoms with Gasteiger partial charge in [-0.15, -0.1) is 0 Å². The molecule has 1 saturated carbocycles. The van der Waals surface area contributed by atoms with Crippen molar-refractivity contribution < 1.29 is 4.79 Å². The highest BCUT2D eigenvalue weighted by atomic mass is 16.1. The van der Waals surface area contributed by atoms with E-state index in [1.807, 2.05) is 13.8 Å². The molecule has 0 aliphatic heterocycles. The monoisotopic (exact) mass is 231 g/mol. The zero-order valence-electron chi connectivity index (χ0n) is 11.0. The predicted molar refractivity (Wildman–Crippen MR) is 70.4 cm³/mol. The van der Waals surface area contributed by atoms with Crippen molar-refractivity contribution in [3.63, 3.8) is 0 Å². The van der Waals surface area contributed by atoms with Gasteiger partial charge in [0.2, 0.25) is 0 Å². The number of nitrogens with one attached hydrogen (secondary N) is 1. The summed E-state index contributed by atoms with van der Waals surface area (Å²) in [5, 5.41) is 3.16. The second-order valence-corrected chi connectivity index (χ2v) is 5.23. The molecule has 0 bridgehead atoms. The van der Waals surface area contributed by atoms with Crippen molar-refractivity contribution in [3.05, 3.63) is 34.4 Å². The van der Waals surface area contributed by atoms with E-state index in [0.717, 1.165) is 29.5 Å². The van der Waals surface area contributed by atoms with Gasteiger partial charge in [0.1, 0.15) is 0 Å². The molecule has 0 atom stereocenters. The molecule has 1 N–H and O–H groups in total. The van der Waals surface area contributed by atoms with Crippen LogP contribution < -0.4 is 5.32 Å². The van der Waals surface area contributed by atoms with Crippen LogP contribution in [0.5, 0.6) is 0 Å². The maximum atomic E-state index is 12.2. The second-order valence-electron chi connectivity index (χ2n) is 5.23. The Labute approximate surface area is 103 Å². The molecular formula is C15H21NO. The molecular weight excluding hydrogens is 210 g/mol. The van der Waals surface area contributed by atoms with Crippen molar-refractivity contribution in [2.75, 3.05) is 0 Å². The molecule has 17 heavy (non-hydrogen) atoms. The van der Waals surface area contributed by atoms with Gasteiger partial charge in [-0.25, -0.2) is 0 Å². The van der Waals surface area contributed by atoms with E-state index in [-0.39, 0.29) is 5.91 Å². The van der Waals surface area contributed by atoms with Crippen LogP contribution >= 0.6 is 0 Å². The first-order valence-electron chi connectivity index (χ1n) is 6.46. The number of carbonyl (C=O) groups is 1. The van der Waals surface area contributed by atoms with Gasteiger partial charge in [-0.05, 0) is 44.7 Å². The lowest BCUT2D eigenvalue weighted by Crippen LogP contribution is -2.33. The Morgan fingerprint density at radius 3 is 2.18 bits per heavy atom. The van der Waals surface area contributed by atoms with E-state index >= 15 is 0 Å². The Hall–Kier alpha value is -1.31. The third-order valence-electron chi connectivity index (χ3n) is 3.59. The maximum absolute atomic E-state index is 12.2. The number of aryl methyl sites for hydroxylation is 3. The first kappa shape index (κ1) is 12.2. The third kappa shape index (κ3) is 2.68. The summed E-state index contributed by atoms with van der Waals surface area (Å²) in [6.45, 7) is 6.10. The number of hydrogen-bond donors (Lipinski definition) is 1. The zero-order chi connectivity index (χ0) is 12.4. The highest BCUT2D eigenvalue weighted by molar-refractivity contribution is 5.97. The van der Waals surface area contributed by atoms with Crippen LogP contribution in [0.2, 0.25) is 0 Å². The van der Waals surface area contributed by atoms with Crippen LogP contribution in [0.15, 0.2) is 12.1 Å². The van der Waals surface area contributed by atoms with E-state index in [1.165, 1.54) is 18.4 Å². The molecule has 0 unspecified atom stereocenters. The number of rotatable bonds is 2. The Morgan fingerprint density at radius 2 is 1.65 bits per heavy atom. The van der Waals surface area contributed by atoms with Gasteiger partial charge in [0, 0.05) is 11.6 Å². The summed E-state index contributed by atoms with van der Waals surface area (Å²) < 4.78 is 0. The Morgan fingerprint density at radius 1 is 1.12 bits per heavy atom. The fourth-order valence-electron chi connectivity index (χ4n) is 2.87. The Bertz CT molecular complexity index is 408. The van der Waals surface area contributed by atoms with Gasteiger partial charge >= 0.3 is 0 Å². The van der Waals surface area contributed by atoms with Crippen LogP contribution in [-0.2, 0) is 0 Å². The minimum absolute atomic E-state index is 0.104. The summed E-state index contributed by atoms with van der Waals surface area (Å²) in [4.78, 5) is 12.2. The quantitative estimate of drug-likeness (QED) is 0.831. The number of hydrogen-bond acceptors (Lipinski definition) is 1. The number of carbonyl (C=O) groups excluding carboxylic acids is 1. The lowest BCUT2D eigenvalue weighted by atomic mass is 9.99. The van der Waals surface area contributed by atoms with Crippen LogP contribution in [0.25, 0.3) is 0 Å². The minimum Gasteiger partial charge on any atom is -0.349 e. The highest BCUT2D eigenvalue weighted by Gasteiger charge is 2.20. The van der Waals surface area contributed by atoms with Crippen molar-refractivity contribution in [1.82, 2.24) is 5.32 Å². The topological polar surface area (TPSA) is 29.1 Å². The smallest absolute Gasteiger partial charge is 0.252 e. The molecule has 92 valence electrons. The molecule has 0 spiro atoms. The van der Waals surface area contributed by atoms with E-state index in [4.69, 9.17) is 0 Å². The van der Waals surface area contributed by atoms with E-state index in [9.17, 15) is 4.79 Å². The zero-order valence-corrected chi connectivity index (χ0v) is 11.0. The maximum Gasteiger partial charge on any atom is 0.252 e. The van der Waals surface area contributed by atoms with Crippen LogP contribution in [0.4, 0.5) is 0 Å². The van der Waals surface area contributed by atoms with Crippen molar-refractivity contribution >= 4 is 5.91 Å². The van der Waals surface area contributed by atoms with Crippen molar-refractivity contribution in [3.8, 4) is 0 Å². The van der Waals surface area contributed by atoms with Gasteiger partial charge in [0.25, 0.3) is 5.91 Å². The van der Waals surface area contributed by atoms with Gasteiger partial charge in [0.05, 0.1) is 0 Å². The average Bonchev–Trinajstić information content (AvgIpc) is 2.68. The second kappa shape index (κ2) is 4.91. The van der Waals surface area contributed by atoms with Gasteiger partial charge in [-0.1, -0.05) is 30.5 Å². The summed E-state index contributed by atoms with van der Waals surface area (Å²) >= 11 is 0. The van der Waals surface area contributed by atoms with Gasteiger partial charge in [0.15, 0.2) is 0 Å². The number of amides is 1. The SMILES string of the molecule is Cc1cc(C)c(C(=O)NC2CCCC2)c(C)c1. The molecule has 0 saturated heterocycles. The summed E-state index contributed by atoms with van der Waals surface area (Å²) in [5.41, 5.74) is 4.25. The standard InChI is InChI=1S/C15H21NO/c1-10-8-11(2)14(12(3)9-10)15(17)16-13-6-4-5-7-13/h8-9,13H,4-7H2,1-3H3,(H,16,17). The van der Waals surface area contributed by atoms with Crippen molar-refractivity contribution in [2.45, 2.75) is 52.5 Å². The molecule has 1 fully saturated rings. The minimum atomic E-state index is 0.104. The van der Waals surface area contributed by atoms with Gasteiger partial charge < -0.3 is 5.32 Å². The molecule has 1 aromatic carbocycles. The van der Waals surface area contributed by atoms with Crippen LogP contribution in [0.3, 0.4) is 0 Å². The molecule has 0 radical (unpaired) electrons. The Kier molecular flexibility index (Phi) is 3.51. The largest absolute Gasteiger partial charge is 0.349 e. The molecule has 0 aromatic heterocycles. The average molecular weight is 231 g/mol. The molecule has 1 aliphatic carbocycles. The first-order chi connectivity index (χ1) is 8.08. The van der Waals surface area contributed by atoms with E-state index in [1.54, 1.807) is 0 Å². The molecule has 2 nitrogen and oxygen atoms in total. The fourth-order valence-corrected chi connectivity index (χ4v) is 2.87. The fraction of sp³-hybridized carbons (Fsp3) is 0.533.